The number of nitriles is 1. The van der Waals surface area contributed by atoms with Gasteiger partial charge in [0, 0.05) is 28.0 Å². The molecule has 31 heavy (non-hydrogen) atoms. The SMILES string of the molecule is CCOc1ccc(-c2csc(/C(C#N)=C/c3cc4ccc(OC)cc4nc3Cl)n2)cc1. The molecule has 0 aliphatic heterocycles. The molecule has 0 unspecified atom stereocenters. The van der Waals surface area contributed by atoms with Gasteiger partial charge >= 0.3 is 0 Å². The van der Waals surface area contributed by atoms with E-state index < -0.39 is 0 Å². The number of pyridine rings is 1. The zero-order valence-corrected chi connectivity index (χ0v) is 18.5. The summed E-state index contributed by atoms with van der Waals surface area (Å²) in [5.74, 6) is 1.53. The summed E-state index contributed by atoms with van der Waals surface area (Å²) in [5, 5.41) is 13.5. The maximum absolute atomic E-state index is 9.74. The van der Waals surface area contributed by atoms with Gasteiger partial charge in [0.25, 0.3) is 0 Å². The number of halogens is 1. The summed E-state index contributed by atoms with van der Waals surface area (Å²) in [5.41, 5.74) is 3.58. The van der Waals surface area contributed by atoms with Crippen LogP contribution in [-0.4, -0.2) is 23.7 Å². The highest BCUT2D eigenvalue weighted by Gasteiger charge is 2.12. The predicted molar refractivity (Wildman–Crippen MR) is 126 cm³/mol. The Labute approximate surface area is 189 Å². The van der Waals surface area contributed by atoms with Crippen molar-refractivity contribution < 1.29 is 9.47 Å². The highest BCUT2D eigenvalue weighted by Crippen LogP contribution is 2.31. The molecule has 0 aliphatic rings. The van der Waals surface area contributed by atoms with Gasteiger partial charge in [-0.1, -0.05) is 11.6 Å². The van der Waals surface area contributed by atoms with E-state index in [0.29, 0.717) is 33.7 Å². The molecule has 2 aromatic heterocycles. The van der Waals surface area contributed by atoms with Gasteiger partial charge in [0.15, 0.2) is 0 Å². The van der Waals surface area contributed by atoms with Crippen molar-refractivity contribution in [3.05, 3.63) is 69.6 Å². The summed E-state index contributed by atoms with van der Waals surface area (Å²) in [4.78, 5) is 9.09. The van der Waals surface area contributed by atoms with Crippen molar-refractivity contribution >= 4 is 45.5 Å². The highest BCUT2D eigenvalue weighted by atomic mass is 35.5. The van der Waals surface area contributed by atoms with Gasteiger partial charge in [-0.25, -0.2) is 9.97 Å². The van der Waals surface area contributed by atoms with E-state index in [1.807, 2.05) is 60.8 Å². The van der Waals surface area contributed by atoms with Gasteiger partial charge in [-0.05, 0) is 55.5 Å². The second kappa shape index (κ2) is 9.17. The summed E-state index contributed by atoms with van der Waals surface area (Å²) >= 11 is 7.81. The van der Waals surface area contributed by atoms with Crippen LogP contribution in [0.15, 0.2) is 53.9 Å². The van der Waals surface area contributed by atoms with Crippen molar-refractivity contribution in [1.82, 2.24) is 9.97 Å². The Balaban J connectivity index is 1.66. The number of thiazole rings is 1. The van der Waals surface area contributed by atoms with Gasteiger partial charge in [-0.15, -0.1) is 11.3 Å². The van der Waals surface area contributed by atoms with Crippen LogP contribution >= 0.6 is 22.9 Å². The van der Waals surface area contributed by atoms with Crippen molar-refractivity contribution in [1.29, 1.82) is 5.26 Å². The molecule has 2 aromatic carbocycles. The Bertz CT molecular complexity index is 1310. The molecule has 0 bridgehead atoms. The van der Waals surface area contributed by atoms with Crippen LogP contribution < -0.4 is 9.47 Å². The highest BCUT2D eigenvalue weighted by molar-refractivity contribution is 7.11. The lowest BCUT2D eigenvalue weighted by Crippen LogP contribution is -1.90. The minimum atomic E-state index is 0.316. The molecule has 0 radical (unpaired) electrons. The lowest BCUT2D eigenvalue weighted by atomic mass is 10.1. The molecule has 4 rings (SSSR count). The van der Waals surface area contributed by atoms with Crippen molar-refractivity contribution in [2.75, 3.05) is 13.7 Å². The lowest BCUT2D eigenvalue weighted by molar-refractivity contribution is 0.340. The van der Waals surface area contributed by atoms with Crippen LogP contribution in [0.1, 0.15) is 17.5 Å². The molecular formula is C24H18ClN3O2S. The first-order valence-corrected chi connectivity index (χ1v) is 10.8. The van der Waals surface area contributed by atoms with Crippen molar-refractivity contribution in [3.63, 3.8) is 0 Å². The van der Waals surface area contributed by atoms with E-state index >= 15 is 0 Å². The summed E-state index contributed by atoms with van der Waals surface area (Å²) in [6.45, 7) is 2.57. The topological polar surface area (TPSA) is 68.0 Å². The van der Waals surface area contributed by atoms with E-state index in [1.54, 1.807) is 13.2 Å². The number of benzene rings is 2. The van der Waals surface area contributed by atoms with E-state index in [1.165, 1.54) is 11.3 Å². The Hall–Kier alpha value is -3.40. The molecular weight excluding hydrogens is 430 g/mol. The average molecular weight is 448 g/mol. The number of methoxy groups -OCH3 is 1. The first kappa shape index (κ1) is 20.9. The molecule has 0 amide bonds. The minimum absolute atomic E-state index is 0.316. The van der Waals surface area contributed by atoms with Crippen molar-refractivity contribution in [2.45, 2.75) is 6.92 Å². The molecule has 5 nitrogen and oxygen atoms in total. The van der Waals surface area contributed by atoms with Crippen molar-refractivity contribution in [2.24, 2.45) is 0 Å². The fourth-order valence-corrected chi connectivity index (χ4v) is 4.08. The van der Waals surface area contributed by atoms with Crippen LogP contribution in [0.4, 0.5) is 0 Å². The maximum Gasteiger partial charge on any atom is 0.137 e. The minimum Gasteiger partial charge on any atom is -0.497 e. The summed E-state index contributed by atoms with van der Waals surface area (Å²) in [7, 11) is 1.61. The second-order valence-corrected chi connectivity index (χ2v) is 7.81. The molecule has 0 saturated carbocycles. The number of aromatic nitrogens is 2. The first-order valence-electron chi connectivity index (χ1n) is 9.56. The third kappa shape index (κ3) is 4.53. The van der Waals surface area contributed by atoms with Crippen LogP contribution in [0.5, 0.6) is 11.5 Å². The zero-order chi connectivity index (χ0) is 21.8. The number of rotatable bonds is 6. The number of allylic oxidation sites excluding steroid dienone is 1. The molecule has 0 fully saturated rings. The monoisotopic (exact) mass is 447 g/mol. The fraction of sp³-hybridized carbons (Fsp3) is 0.125. The van der Waals surface area contributed by atoms with E-state index in [4.69, 9.17) is 21.1 Å². The third-order valence-corrected chi connectivity index (χ3v) is 5.80. The smallest absolute Gasteiger partial charge is 0.137 e. The Morgan fingerprint density at radius 2 is 1.90 bits per heavy atom. The summed E-state index contributed by atoms with van der Waals surface area (Å²) in [6.07, 6.45) is 1.72. The van der Waals surface area contributed by atoms with E-state index in [2.05, 4.69) is 16.0 Å². The molecule has 0 saturated heterocycles. The molecule has 2 heterocycles. The van der Waals surface area contributed by atoms with Gasteiger partial charge in [0.1, 0.15) is 27.7 Å². The largest absolute Gasteiger partial charge is 0.497 e. The van der Waals surface area contributed by atoms with Gasteiger partial charge < -0.3 is 9.47 Å². The Morgan fingerprint density at radius 3 is 2.61 bits per heavy atom. The summed E-state index contributed by atoms with van der Waals surface area (Å²) < 4.78 is 10.7. The zero-order valence-electron chi connectivity index (χ0n) is 16.9. The number of nitrogens with zero attached hydrogens (tertiary/aromatic N) is 3. The quantitative estimate of drug-likeness (QED) is 0.250. The molecule has 154 valence electrons. The molecule has 0 N–H and O–H groups in total. The van der Waals surface area contributed by atoms with E-state index in [0.717, 1.165) is 27.9 Å². The molecule has 0 atom stereocenters. The van der Waals surface area contributed by atoms with Crippen LogP contribution in [0.25, 0.3) is 33.8 Å². The van der Waals surface area contributed by atoms with Gasteiger partial charge in [0.05, 0.1) is 30.5 Å². The molecule has 0 spiro atoms. The Kier molecular flexibility index (Phi) is 6.17. The van der Waals surface area contributed by atoms with Gasteiger partial charge in [-0.3, -0.25) is 0 Å². The number of ether oxygens (including phenoxy) is 2. The maximum atomic E-state index is 9.74. The van der Waals surface area contributed by atoms with E-state index in [-0.39, 0.29) is 0 Å². The first-order chi connectivity index (χ1) is 15.1. The number of fused-ring (bicyclic) bond motifs is 1. The van der Waals surface area contributed by atoms with Gasteiger partial charge in [0.2, 0.25) is 0 Å². The van der Waals surface area contributed by atoms with Crippen LogP contribution in [0.3, 0.4) is 0 Å². The standard InChI is InChI=1S/C24H18ClN3O2S/c1-3-30-19-7-4-15(5-8-19)22-14-31-24(28-22)18(13-26)11-17-10-16-6-9-20(29-2)12-21(16)27-23(17)25/h4-12,14H,3H2,1-2H3/b18-11+. The molecule has 0 aliphatic carbocycles. The average Bonchev–Trinajstić information content (AvgIpc) is 3.28. The normalized spacial score (nSPS) is 11.4. The predicted octanol–water partition coefficient (Wildman–Crippen LogP) is 6.48. The van der Waals surface area contributed by atoms with Crippen molar-refractivity contribution in [3.8, 4) is 28.8 Å². The summed E-state index contributed by atoms with van der Waals surface area (Å²) in [6, 6.07) is 17.5. The van der Waals surface area contributed by atoms with E-state index in [9.17, 15) is 5.26 Å². The van der Waals surface area contributed by atoms with Crippen LogP contribution in [0, 0.1) is 11.3 Å². The molecule has 4 aromatic rings. The third-order valence-electron chi connectivity index (χ3n) is 4.62. The van der Waals surface area contributed by atoms with Crippen LogP contribution in [-0.2, 0) is 0 Å². The van der Waals surface area contributed by atoms with Crippen LogP contribution in [0.2, 0.25) is 5.15 Å². The second-order valence-electron chi connectivity index (χ2n) is 6.59. The van der Waals surface area contributed by atoms with Gasteiger partial charge in [-0.2, -0.15) is 5.26 Å². The Morgan fingerprint density at radius 1 is 1.13 bits per heavy atom. The number of hydrogen-bond donors (Lipinski definition) is 0. The number of hydrogen-bond acceptors (Lipinski definition) is 6. The molecule has 7 heteroatoms. The fourth-order valence-electron chi connectivity index (χ4n) is 3.08. The lowest BCUT2D eigenvalue weighted by Gasteiger charge is -2.05.